The topological polar surface area (TPSA) is 66.0 Å². The molecule has 0 spiro atoms. The van der Waals surface area contributed by atoms with Gasteiger partial charge in [-0.2, -0.15) is 4.98 Å². The summed E-state index contributed by atoms with van der Waals surface area (Å²) in [5.74, 6) is -3.02. The predicted molar refractivity (Wildman–Crippen MR) is 102 cm³/mol. The minimum absolute atomic E-state index is 0.115. The molecule has 0 fully saturated rings. The lowest BCUT2D eigenvalue weighted by Gasteiger charge is -2.14. The number of hydrogen-bond acceptors (Lipinski definition) is 6. The van der Waals surface area contributed by atoms with E-state index in [-0.39, 0.29) is 11.8 Å². The molecule has 9 heteroatoms. The number of aromatic nitrogens is 3. The Kier molecular flexibility index (Phi) is 6.05. The summed E-state index contributed by atoms with van der Waals surface area (Å²) in [6.45, 7) is 1.29. The summed E-state index contributed by atoms with van der Waals surface area (Å²) in [5, 5.41) is 5.59. The fraction of sp³-hybridized carbons (Fsp3) is 0.211. The van der Waals surface area contributed by atoms with Gasteiger partial charge in [-0.05, 0) is 38.4 Å². The summed E-state index contributed by atoms with van der Waals surface area (Å²) in [5.41, 5.74) is 0.578. The van der Waals surface area contributed by atoms with Gasteiger partial charge in [-0.15, -0.1) is 0 Å². The van der Waals surface area contributed by atoms with Crippen molar-refractivity contribution in [1.82, 2.24) is 19.9 Å². The van der Waals surface area contributed by atoms with E-state index < -0.39 is 23.1 Å². The zero-order valence-electron chi connectivity index (χ0n) is 15.4. The fourth-order valence-corrected chi connectivity index (χ4v) is 2.41. The van der Waals surface area contributed by atoms with E-state index in [1.54, 1.807) is 24.5 Å². The van der Waals surface area contributed by atoms with Gasteiger partial charge in [0.25, 0.3) is 0 Å². The van der Waals surface area contributed by atoms with Crippen LogP contribution >= 0.6 is 0 Å². The van der Waals surface area contributed by atoms with Gasteiger partial charge in [0.2, 0.25) is 5.95 Å². The van der Waals surface area contributed by atoms with E-state index in [2.05, 4.69) is 25.6 Å². The van der Waals surface area contributed by atoms with Gasteiger partial charge >= 0.3 is 0 Å². The van der Waals surface area contributed by atoms with E-state index in [1.165, 1.54) is 6.07 Å². The van der Waals surface area contributed by atoms with Crippen LogP contribution in [0.4, 0.5) is 30.6 Å². The van der Waals surface area contributed by atoms with Gasteiger partial charge in [-0.25, -0.2) is 18.2 Å². The van der Waals surface area contributed by atoms with Crippen molar-refractivity contribution in [3.8, 4) is 11.3 Å². The number of hydrogen-bond donors (Lipinski definition) is 2. The summed E-state index contributed by atoms with van der Waals surface area (Å²) in [7, 11) is 3.86. The van der Waals surface area contributed by atoms with Crippen molar-refractivity contribution in [2.24, 2.45) is 0 Å². The van der Waals surface area contributed by atoms with Gasteiger partial charge in [-0.1, -0.05) is 0 Å². The molecule has 0 bridgehead atoms. The van der Waals surface area contributed by atoms with Crippen LogP contribution in [0.5, 0.6) is 0 Å². The van der Waals surface area contributed by atoms with Crippen LogP contribution in [0.1, 0.15) is 0 Å². The highest BCUT2D eigenvalue weighted by Crippen LogP contribution is 2.27. The maximum absolute atomic E-state index is 14.0. The van der Waals surface area contributed by atoms with Gasteiger partial charge in [0.15, 0.2) is 11.6 Å². The Labute approximate surface area is 160 Å². The lowest BCUT2D eigenvalue weighted by molar-refractivity contribution is 0.425. The molecule has 2 aromatic heterocycles. The second-order valence-corrected chi connectivity index (χ2v) is 6.28. The summed E-state index contributed by atoms with van der Waals surface area (Å²) < 4.78 is 41.5. The minimum Gasteiger partial charge on any atom is -0.353 e. The molecular formula is C19H19F3N6. The average molecular weight is 388 g/mol. The Morgan fingerprint density at radius 2 is 1.82 bits per heavy atom. The fourth-order valence-electron chi connectivity index (χ4n) is 2.41. The molecular weight excluding hydrogens is 369 g/mol. The number of nitrogens with one attached hydrogen (secondary N) is 2. The third-order valence-corrected chi connectivity index (χ3v) is 3.82. The van der Waals surface area contributed by atoms with Gasteiger partial charge in [-0.3, -0.25) is 4.98 Å². The van der Waals surface area contributed by atoms with Crippen LogP contribution in [0.25, 0.3) is 11.3 Å². The molecule has 146 valence electrons. The number of rotatable bonds is 7. The van der Waals surface area contributed by atoms with Crippen LogP contribution in [0.2, 0.25) is 0 Å². The monoisotopic (exact) mass is 388 g/mol. The van der Waals surface area contributed by atoms with E-state index >= 15 is 0 Å². The molecule has 0 radical (unpaired) electrons. The maximum Gasteiger partial charge on any atom is 0.225 e. The molecule has 0 unspecified atom stereocenters. The van der Waals surface area contributed by atoms with E-state index in [9.17, 15) is 13.2 Å². The zero-order chi connectivity index (χ0) is 20.1. The van der Waals surface area contributed by atoms with Gasteiger partial charge in [0.05, 0.1) is 5.69 Å². The molecule has 2 N–H and O–H groups in total. The second-order valence-electron chi connectivity index (χ2n) is 6.28. The quantitative estimate of drug-likeness (QED) is 0.602. The summed E-state index contributed by atoms with van der Waals surface area (Å²) in [4.78, 5) is 14.7. The Morgan fingerprint density at radius 3 is 2.54 bits per heavy atom. The van der Waals surface area contributed by atoms with Gasteiger partial charge in [0.1, 0.15) is 17.3 Å². The minimum atomic E-state index is -1.32. The van der Waals surface area contributed by atoms with Crippen LogP contribution < -0.4 is 10.6 Å². The molecule has 2 heterocycles. The van der Waals surface area contributed by atoms with Crippen molar-refractivity contribution in [2.75, 3.05) is 37.8 Å². The first kappa shape index (κ1) is 19.6. The number of anilines is 3. The van der Waals surface area contributed by atoms with Crippen LogP contribution in [0.3, 0.4) is 0 Å². The van der Waals surface area contributed by atoms with E-state index in [0.29, 0.717) is 17.8 Å². The van der Waals surface area contributed by atoms with Gasteiger partial charge < -0.3 is 15.5 Å². The van der Waals surface area contributed by atoms with Crippen LogP contribution in [-0.2, 0) is 0 Å². The van der Waals surface area contributed by atoms with Gasteiger partial charge in [0, 0.05) is 37.1 Å². The first-order chi connectivity index (χ1) is 13.4. The predicted octanol–water partition coefficient (Wildman–Crippen LogP) is 3.67. The molecule has 6 nitrogen and oxygen atoms in total. The standard InChI is InChI=1S/C19H19F3N6/c1-28(2)9-8-24-19-25-15(12-4-3-7-23-11-12)10-16(27-19)26-18-14(21)6-5-13(20)17(18)22/h3-7,10-11H,8-9H2,1-2H3,(H2,24,25,26,27). The third-order valence-electron chi connectivity index (χ3n) is 3.82. The number of nitrogens with zero attached hydrogens (tertiary/aromatic N) is 4. The number of likely N-dealkylation sites (N-methyl/N-ethyl adjacent to an activating group) is 1. The molecule has 0 aliphatic heterocycles. The Balaban J connectivity index is 1.96. The molecule has 0 aliphatic carbocycles. The summed E-state index contributed by atoms with van der Waals surface area (Å²) >= 11 is 0. The zero-order valence-corrected chi connectivity index (χ0v) is 15.4. The Hall–Kier alpha value is -3.20. The first-order valence-corrected chi connectivity index (χ1v) is 8.52. The van der Waals surface area contributed by atoms with Crippen molar-refractivity contribution in [1.29, 1.82) is 0 Å². The lowest BCUT2D eigenvalue weighted by atomic mass is 10.2. The first-order valence-electron chi connectivity index (χ1n) is 8.52. The molecule has 1 aromatic carbocycles. The van der Waals surface area contributed by atoms with Crippen LogP contribution in [0, 0.1) is 17.5 Å². The largest absolute Gasteiger partial charge is 0.353 e. The lowest BCUT2D eigenvalue weighted by Crippen LogP contribution is -2.21. The average Bonchev–Trinajstić information content (AvgIpc) is 2.68. The summed E-state index contributed by atoms with van der Waals surface area (Å²) in [6.07, 6.45) is 3.23. The maximum atomic E-state index is 14.0. The van der Waals surface area contributed by atoms with Crippen molar-refractivity contribution >= 4 is 17.5 Å². The molecule has 28 heavy (non-hydrogen) atoms. The molecule has 0 saturated heterocycles. The van der Waals surface area contributed by atoms with Crippen LogP contribution in [0.15, 0.2) is 42.7 Å². The number of halogens is 3. The number of pyridine rings is 1. The highest BCUT2D eigenvalue weighted by molar-refractivity contribution is 5.67. The second kappa shape index (κ2) is 8.66. The molecule has 0 aliphatic rings. The van der Waals surface area contributed by atoms with Crippen LogP contribution in [-0.4, -0.2) is 47.0 Å². The van der Waals surface area contributed by atoms with Crippen molar-refractivity contribution < 1.29 is 13.2 Å². The number of benzene rings is 1. The molecule has 3 rings (SSSR count). The molecule has 0 saturated carbocycles. The highest BCUT2D eigenvalue weighted by atomic mass is 19.2. The third kappa shape index (κ3) is 4.74. The molecule has 0 amide bonds. The van der Waals surface area contributed by atoms with E-state index in [1.807, 2.05) is 19.0 Å². The van der Waals surface area contributed by atoms with E-state index in [0.717, 1.165) is 18.7 Å². The van der Waals surface area contributed by atoms with Crippen molar-refractivity contribution in [3.63, 3.8) is 0 Å². The Bertz CT molecular complexity index is 950. The Morgan fingerprint density at radius 1 is 1.04 bits per heavy atom. The van der Waals surface area contributed by atoms with E-state index in [4.69, 9.17) is 0 Å². The normalized spacial score (nSPS) is 10.9. The highest BCUT2D eigenvalue weighted by Gasteiger charge is 2.16. The van der Waals surface area contributed by atoms with Crippen molar-refractivity contribution in [2.45, 2.75) is 0 Å². The SMILES string of the molecule is CN(C)CCNc1nc(Nc2c(F)ccc(F)c2F)cc(-c2cccnc2)n1. The molecule has 3 aromatic rings. The van der Waals surface area contributed by atoms with Crippen molar-refractivity contribution in [3.05, 3.63) is 60.2 Å². The summed E-state index contributed by atoms with van der Waals surface area (Å²) in [6, 6.07) is 6.63. The molecule has 0 atom stereocenters. The smallest absolute Gasteiger partial charge is 0.225 e.